The Morgan fingerprint density at radius 1 is 1.13 bits per heavy atom. The minimum absolute atomic E-state index is 0.0462. The molecule has 1 aliphatic heterocycles. The Labute approximate surface area is 132 Å². The van der Waals surface area contributed by atoms with E-state index in [1.165, 1.54) is 0 Å². The second-order valence-electron chi connectivity index (χ2n) is 6.25. The molecule has 7 heteroatoms. The molecule has 1 aromatic rings. The first-order chi connectivity index (χ1) is 11.0. The van der Waals surface area contributed by atoms with Crippen LogP contribution in [0.2, 0.25) is 0 Å². The topological polar surface area (TPSA) is 52.6 Å². The van der Waals surface area contributed by atoms with Gasteiger partial charge in [0, 0.05) is 36.3 Å². The van der Waals surface area contributed by atoms with Gasteiger partial charge in [-0.2, -0.15) is 0 Å². The Morgan fingerprint density at radius 3 is 2.48 bits per heavy atom. The van der Waals surface area contributed by atoms with Gasteiger partial charge in [0.15, 0.2) is 17.5 Å². The summed E-state index contributed by atoms with van der Waals surface area (Å²) in [6, 6.07) is 0.975. The second-order valence-corrected chi connectivity index (χ2v) is 6.25. The molecule has 0 radical (unpaired) electrons. The average Bonchev–Trinajstić information content (AvgIpc) is 2.53. The number of rotatable bonds is 1. The first-order valence-corrected chi connectivity index (χ1v) is 7.87. The quantitative estimate of drug-likeness (QED) is 0.778. The molecule has 2 N–H and O–H groups in total. The first-order valence-electron chi connectivity index (χ1n) is 7.87. The van der Waals surface area contributed by atoms with Gasteiger partial charge in [-0.15, -0.1) is 0 Å². The van der Waals surface area contributed by atoms with E-state index in [0.717, 1.165) is 37.8 Å². The highest BCUT2D eigenvalue weighted by Crippen LogP contribution is 2.35. The van der Waals surface area contributed by atoms with Crippen molar-refractivity contribution in [1.82, 2.24) is 4.90 Å². The highest BCUT2D eigenvalue weighted by Gasteiger charge is 2.40. The zero-order valence-electron chi connectivity index (χ0n) is 12.6. The van der Waals surface area contributed by atoms with Gasteiger partial charge in [0.1, 0.15) is 0 Å². The van der Waals surface area contributed by atoms with Crippen LogP contribution in [0.3, 0.4) is 0 Å². The molecular weight excluding hydrogens is 309 g/mol. The number of likely N-dealkylation sites (tertiary alicyclic amines) is 1. The van der Waals surface area contributed by atoms with Crippen LogP contribution in [0.25, 0.3) is 0 Å². The molecule has 2 amide bonds. The van der Waals surface area contributed by atoms with E-state index in [9.17, 15) is 23.1 Å². The van der Waals surface area contributed by atoms with Crippen LogP contribution in [0, 0.1) is 23.4 Å². The van der Waals surface area contributed by atoms with Crippen LogP contribution in [0.15, 0.2) is 12.1 Å². The fourth-order valence-corrected chi connectivity index (χ4v) is 3.70. The number of anilines is 1. The SMILES string of the molecule is O=C(Nc1cc(F)c(F)c(F)c1)N1CCC(O)C2CCCCC21. The van der Waals surface area contributed by atoms with E-state index in [-0.39, 0.29) is 17.6 Å². The summed E-state index contributed by atoms with van der Waals surface area (Å²) >= 11 is 0. The van der Waals surface area contributed by atoms with Crippen molar-refractivity contribution in [3.05, 3.63) is 29.6 Å². The molecule has 0 spiro atoms. The monoisotopic (exact) mass is 328 g/mol. The minimum Gasteiger partial charge on any atom is -0.393 e. The predicted molar refractivity (Wildman–Crippen MR) is 78.4 cm³/mol. The number of amides is 2. The molecule has 1 heterocycles. The molecule has 0 aromatic heterocycles. The number of fused-ring (bicyclic) bond motifs is 1. The number of piperidine rings is 1. The average molecular weight is 328 g/mol. The van der Waals surface area contributed by atoms with E-state index >= 15 is 0 Å². The smallest absolute Gasteiger partial charge is 0.322 e. The molecule has 2 aliphatic rings. The Kier molecular flexibility index (Phi) is 4.48. The highest BCUT2D eigenvalue weighted by atomic mass is 19.2. The van der Waals surface area contributed by atoms with E-state index in [2.05, 4.69) is 5.32 Å². The lowest BCUT2D eigenvalue weighted by Crippen LogP contribution is -2.55. The van der Waals surface area contributed by atoms with Gasteiger partial charge in [0.05, 0.1) is 6.10 Å². The van der Waals surface area contributed by atoms with Crippen molar-refractivity contribution < 1.29 is 23.1 Å². The number of hydrogen-bond donors (Lipinski definition) is 2. The molecule has 1 saturated carbocycles. The molecule has 3 rings (SSSR count). The zero-order chi connectivity index (χ0) is 16.6. The number of carbonyl (C=O) groups is 1. The first kappa shape index (κ1) is 16.1. The summed E-state index contributed by atoms with van der Waals surface area (Å²) in [4.78, 5) is 14.1. The van der Waals surface area contributed by atoms with Crippen molar-refractivity contribution in [3.8, 4) is 0 Å². The summed E-state index contributed by atoms with van der Waals surface area (Å²) < 4.78 is 39.4. The largest absolute Gasteiger partial charge is 0.393 e. The van der Waals surface area contributed by atoms with Gasteiger partial charge in [0.25, 0.3) is 0 Å². The molecule has 2 fully saturated rings. The minimum atomic E-state index is -1.56. The van der Waals surface area contributed by atoms with E-state index in [4.69, 9.17) is 0 Å². The van der Waals surface area contributed by atoms with E-state index in [0.29, 0.717) is 13.0 Å². The van der Waals surface area contributed by atoms with Crippen LogP contribution in [0.5, 0.6) is 0 Å². The van der Waals surface area contributed by atoms with Gasteiger partial charge in [0.2, 0.25) is 0 Å². The van der Waals surface area contributed by atoms with Gasteiger partial charge in [-0.05, 0) is 19.3 Å². The summed E-state index contributed by atoms with van der Waals surface area (Å²) in [7, 11) is 0. The molecular formula is C16H19F3N2O2. The number of nitrogens with zero attached hydrogens (tertiary/aromatic N) is 1. The number of nitrogens with one attached hydrogen (secondary N) is 1. The molecule has 3 atom stereocenters. The number of urea groups is 1. The van der Waals surface area contributed by atoms with Crippen molar-refractivity contribution in [2.75, 3.05) is 11.9 Å². The van der Waals surface area contributed by atoms with Gasteiger partial charge < -0.3 is 15.3 Å². The fourth-order valence-electron chi connectivity index (χ4n) is 3.70. The molecule has 23 heavy (non-hydrogen) atoms. The van der Waals surface area contributed by atoms with Crippen molar-refractivity contribution in [2.24, 2.45) is 5.92 Å². The van der Waals surface area contributed by atoms with Crippen LogP contribution in [0.4, 0.5) is 23.7 Å². The molecule has 1 saturated heterocycles. The maximum absolute atomic E-state index is 13.2. The van der Waals surface area contributed by atoms with E-state index in [1.54, 1.807) is 4.90 Å². The number of aliphatic hydroxyl groups excluding tert-OH is 1. The molecule has 0 bridgehead atoms. The third-order valence-electron chi connectivity index (χ3n) is 4.84. The Bertz CT molecular complexity index is 588. The molecule has 3 unspecified atom stereocenters. The lowest BCUT2D eigenvalue weighted by molar-refractivity contribution is -0.0158. The zero-order valence-corrected chi connectivity index (χ0v) is 12.6. The van der Waals surface area contributed by atoms with E-state index < -0.39 is 29.6 Å². The maximum Gasteiger partial charge on any atom is 0.322 e. The summed E-state index contributed by atoms with van der Waals surface area (Å²) in [6.07, 6.45) is 3.77. The lowest BCUT2D eigenvalue weighted by atomic mass is 9.77. The summed E-state index contributed by atoms with van der Waals surface area (Å²) in [5.74, 6) is -4.20. The summed E-state index contributed by atoms with van der Waals surface area (Å²) in [5.41, 5.74) is -0.120. The number of halogens is 3. The van der Waals surface area contributed by atoms with Crippen molar-refractivity contribution in [1.29, 1.82) is 0 Å². The van der Waals surface area contributed by atoms with Crippen molar-refractivity contribution >= 4 is 11.7 Å². The molecule has 126 valence electrons. The van der Waals surface area contributed by atoms with Crippen LogP contribution < -0.4 is 5.32 Å². The molecule has 1 aromatic carbocycles. The fraction of sp³-hybridized carbons (Fsp3) is 0.562. The molecule has 1 aliphatic carbocycles. The maximum atomic E-state index is 13.2. The van der Waals surface area contributed by atoms with Gasteiger partial charge >= 0.3 is 6.03 Å². The van der Waals surface area contributed by atoms with Crippen LogP contribution >= 0.6 is 0 Å². The number of aliphatic hydroxyl groups is 1. The van der Waals surface area contributed by atoms with Gasteiger partial charge in [-0.25, -0.2) is 18.0 Å². The number of hydrogen-bond acceptors (Lipinski definition) is 2. The highest BCUT2D eigenvalue weighted by molar-refractivity contribution is 5.89. The van der Waals surface area contributed by atoms with E-state index in [1.807, 2.05) is 0 Å². The van der Waals surface area contributed by atoms with Gasteiger partial charge in [-0.1, -0.05) is 12.8 Å². The van der Waals surface area contributed by atoms with Crippen molar-refractivity contribution in [2.45, 2.75) is 44.2 Å². The lowest BCUT2D eigenvalue weighted by Gasteiger charge is -2.46. The Balaban J connectivity index is 1.75. The number of carbonyl (C=O) groups excluding carboxylic acids is 1. The Hall–Kier alpha value is -1.76. The molecule has 4 nitrogen and oxygen atoms in total. The normalized spacial score (nSPS) is 27.5. The second kappa shape index (κ2) is 6.39. The van der Waals surface area contributed by atoms with Gasteiger partial charge in [-0.3, -0.25) is 0 Å². The van der Waals surface area contributed by atoms with Crippen LogP contribution in [-0.2, 0) is 0 Å². The van der Waals surface area contributed by atoms with Crippen LogP contribution in [0.1, 0.15) is 32.1 Å². The summed E-state index contributed by atoms with van der Waals surface area (Å²) in [6.45, 7) is 0.389. The standard InChI is InChI=1S/C16H19F3N2O2/c17-11-7-9(8-12(18)15(11)19)20-16(23)21-6-5-14(22)10-3-1-2-4-13(10)21/h7-8,10,13-14,22H,1-6H2,(H,20,23). The predicted octanol–water partition coefficient (Wildman–Crippen LogP) is 3.26. The third-order valence-corrected chi connectivity index (χ3v) is 4.84. The Morgan fingerprint density at radius 2 is 1.78 bits per heavy atom. The van der Waals surface area contributed by atoms with Crippen LogP contribution in [-0.4, -0.2) is 34.7 Å². The summed E-state index contributed by atoms with van der Waals surface area (Å²) in [5, 5.41) is 12.5. The number of benzene rings is 1. The van der Waals surface area contributed by atoms with Crippen molar-refractivity contribution in [3.63, 3.8) is 0 Å². The third kappa shape index (κ3) is 3.15.